The van der Waals surface area contributed by atoms with E-state index in [1.165, 1.54) is 6.07 Å². The Kier molecular flexibility index (Phi) is 4.39. The molecule has 0 aliphatic heterocycles. The van der Waals surface area contributed by atoms with E-state index in [0.29, 0.717) is 12.6 Å². The Morgan fingerprint density at radius 2 is 2.10 bits per heavy atom. The van der Waals surface area contributed by atoms with E-state index in [4.69, 9.17) is 0 Å². The Morgan fingerprint density at radius 3 is 2.70 bits per heavy atom. The molecule has 2 rings (SSSR count). The molecule has 1 saturated carbocycles. The maximum Gasteiger partial charge on any atom is 0.225 e. The number of amides is 1. The van der Waals surface area contributed by atoms with Gasteiger partial charge in [0.05, 0.1) is 10.6 Å². The first-order valence-corrected chi connectivity index (χ1v) is 8.28. The number of nitrogens with one attached hydrogen (secondary N) is 2. The number of carbonyl (C=O) groups excluding carboxylic acids is 1. The van der Waals surface area contributed by atoms with Crippen LogP contribution in [0.5, 0.6) is 0 Å². The van der Waals surface area contributed by atoms with Crippen LogP contribution in [0.15, 0.2) is 23.1 Å². The third-order valence-electron chi connectivity index (χ3n) is 3.00. The molecule has 0 radical (unpaired) electrons. The topological polar surface area (TPSA) is 75.3 Å². The maximum atomic E-state index is 13.6. The Morgan fingerprint density at radius 1 is 1.40 bits per heavy atom. The molecule has 7 heteroatoms. The quantitative estimate of drug-likeness (QED) is 0.777. The van der Waals surface area contributed by atoms with Gasteiger partial charge in [-0.2, -0.15) is 0 Å². The number of halogens is 1. The van der Waals surface area contributed by atoms with Crippen molar-refractivity contribution in [2.45, 2.75) is 30.2 Å². The fourth-order valence-corrected chi connectivity index (χ4v) is 2.37. The Bertz CT molecular complexity index is 612. The van der Waals surface area contributed by atoms with Gasteiger partial charge in [-0.25, -0.2) is 12.8 Å². The summed E-state index contributed by atoms with van der Waals surface area (Å²) in [5.41, 5.74) is -0.107. The van der Waals surface area contributed by atoms with Gasteiger partial charge < -0.3 is 10.6 Å². The second-order valence-electron chi connectivity index (χ2n) is 4.94. The van der Waals surface area contributed by atoms with E-state index in [2.05, 4.69) is 10.6 Å². The second kappa shape index (κ2) is 5.88. The molecule has 1 aromatic rings. The van der Waals surface area contributed by atoms with Gasteiger partial charge in [0, 0.05) is 25.3 Å². The summed E-state index contributed by atoms with van der Waals surface area (Å²) in [7, 11) is -3.43. The Labute approximate surface area is 117 Å². The first-order chi connectivity index (χ1) is 9.36. The van der Waals surface area contributed by atoms with Crippen molar-refractivity contribution >= 4 is 21.4 Å². The highest BCUT2D eigenvalue weighted by atomic mass is 32.2. The lowest BCUT2D eigenvalue weighted by molar-refractivity contribution is -0.116. The number of hydrogen-bond acceptors (Lipinski definition) is 4. The summed E-state index contributed by atoms with van der Waals surface area (Å²) in [5.74, 6) is -0.997. The van der Waals surface area contributed by atoms with E-state index >= 15 is 0 Å². The highest BCUT2D eigenvalue weighted by Gasteiger charge is 2.20. The van der Waals surface area contributed by atoms with Crippen LogP contribution in [0.2, 0.25) is 0 Å². The summed E-state index contributed by atoms with van der Waals surface area (Å²) in [4.78, 5) is 11.6. The Balaban J connectivity index is 1.98. The number of hydrogen-bond donors (Lipinski definition) is 2. The van der Waals surface area contributed by atoms with Crippen molar-refractivity contribution in [1.82, 2.24) is 5.32 Å². The largest absolute Gasteiger partial charge is 0.324 e. The van der Waals surface area contributed by atoms with Gasteiger partial charge in [0.1, 0.15) is 5.82 Å². The van der Waals surface area contributed by atoms with E-state index in [9.17, 15) is 17.6 Å². The smallest absolute Gasteiger partial charge is 0.225 e. The van der Waals surface area contributed by atoms with Crippen LogP contribution in [-0.2, 0) is 14.6 Å². The fraction of sp³-hybridized carbons (Fsp3) is 0.462. The third kappa shape index (κ3) is 4.28. The summed E-state index contributed by atoms with van der Waals surface area (Å²) >= 11 is 0. The molecule has 1 aliphatic carbocycles. The number of rotatable bonds is 6. The molecule has 5 nitrogen and oxygen atoms in total. The first kappa shape index (κ1) is 14.9. The SMILES string of the molecule is CS(=O)(=O)c1ccc(F)c(NC(=O)CCNC2CC2)c1. The zero-order valence-electron chi connectivity index (χ0n) is 11.1. The minimum atomic E-state index is -3.43. The minimum absolute atomic E-state index is 0.0229. The lowest BCUT2D eigenvalue weighted by Gasteiger charge is -2.08. The van der Waals surface area contributed by atoms with Gasteiger partial charge in [-0.3, -0.25) is 4.79 Å². The average Bonchev–Trinajstić information content (AvgIpc) is 3.14. The number of sulfone groups is 1. The number of carbonyl (C=O) groups is 1. The van der Waals surface area contributed by atoms with E-state index in [-0.39, 0.29) is 22.9 Å². The molecule has 2 N–H and O–H groups in total. The molecule has 20 heavy (non-hydrogen) atoms. The van der Waals surface area contributed by atoms with Gasteiger partial charge >= 0.3 is 0 Å². The van der Waals surface area contributed by atoms with Crippen molar-refractivity contribution in [1.29, 1.82) is 0 Å². The zero-order chi connectivity index (χ0) is 14.8. The van der Waals surface area contributed by atoms with Crippen molar-refractivity contribution < 1.29 is 17.6 Å². The number of anilines is 1. The number of benzene rings is 1. The Hall–Kier alpha value is -1.47. The molecule has 0 unspecified atom stereocenters. The minimum Gasteiger partial charge on any atom is -0.324 e. The van der Waals surface area contributed by atoms with E-state index in [1.807, 2.05) is 0 Å². The molecule has 0 spiro atoms. The van der Waals surface area contributed by atoms with Crippen LogP contribution < -0.4 is 10.6 Å². The second-order valence-corrected chi connectivity index (χ2v) is 6.96. The lowest BCUT2D eigenvalue weighted by atomic mass is 10.3. The maximum absolute atomic E-state index is 13.6. The van der Waals surface area contributed by atoms with Crippen LogP contribution in [0.1, 0.15) is 19.3 Å². The van der Waals surface area contributed by atoms with E-state index < -0.39 is 15.7 Å². The molecule has 0 heterocycles. The van der Waals surface area contributed by atoms with Crippen LogP contribution in [0.4, 0.5) is 10.1 Å². The van der Waals surface area contributed by atoms with E-state index in [0.717, 1.165) is 31.2 Å². The normalized spacial score (nSPS) is 15.1. The molecule has 1 aromatic carbocycles. The zero-order valence-corrected chi connectivity index (χ0v) is 12.0. The monoisotopic (exact) mass is 300 g/mol. The summed E-state index contributed by atoms with van der Waals surface area (Å²) < 4.78 is 36.3. The molecule has 110 valence electrons. The van der Waals surface area contributed by atoms with Crippen LogP contribution in [0, 0.1) is 5.82 Å². The van der Waals surface area contributed by atoms with Gasteiger partial charge in [-0.15, -0.1) is 0 Å². The molecule has 0 atom stereocenters. The molecule has 0 aromatic heterocycles. The summed E-state index contributed by atoms with van der Waals surface area (Å²) in [6, 6.07) is 3.86. The first-order valence-electron chi connectivity index (χ1n) is 6.39. The molecular formula is C13H17FN2O3S. The van der Waals surface area contributed by atoms with Gasteiger partial charge in [0.15, 0.2) is 9.84 Å². The van der Waals surface area contributed by atoms with Gasteiger partial charge in [0.25, 0.3) is 0 Å². The molecule has 1 amide bonds. The molecule has 1 aliphatic rings. The standard InChI is InChI=1S/C13H17FN2O3S/c1-20(18,19)10-4-5-11(14)12(8-10)16-13(17)6-7-15-9-2-3-9/h4-5,8-9,15H,2-3,6-7H2,1H3,(H,16,17). The predicted molar refractivity (Wildman–Crippen MR) is 73.8 cm³/mol. The fourth-order valence-electron chi connectivity index (χ4n) is 1.72. The van der Waals surface area contributed by atoms with Crippen LogP contribution in [-0.4, -0.2) is 33.2 Å². The van der Waals surface area contributed by atoms with Crippen molar-refractivity contribution in [3.8, 4) is 0 Å². The van der Waals surface area contributed by atoms with Gasteiger partial charge in [-0.1, -0.05) is 0 Å². The van der Waals surface area contributed by atoms with E-state index in [1.54, 1.807) is 0 Å². The lowest BCUT2D eigenvalue weighted by Crippen LogP contribution is -2.23. The molecule has 1 fully saturated rings. The molecular weight excluding hydrogens is 283 g/mol. The van der Waals surface area contributed by atoms with Crippen molar-refractivity contribution in [3.05, 3.63) is 24.0 Å². The summed E-state index contributed by atoms with van der Waals surface area (Å²) in [5, 5.41) is 5.57. The highest BCUT2D eigenvalue weighted by Crippen LogP contribution is 2.20. The van der Waals surface area contributed by atoms with Gasteiger partial charge in [0.2, 0.25) is 5.91 Å². The molecule has 0 saturated heterocycles. The highest BCUT2D eigenvalue weighted by molar-refractivity contribution is 7.90. The summed E-state index contributed by atoms with van der Waals surface area (Å²) in [6.07, 6.45) is 3.52. The average molecular weight is 300 g/mol. The van der Waals surface area contributed by atoms with Crippen LogP contribution in [0.3, 0.4) is 0 Å². The van der Waals surface area contributed by atoms with Crippen molar-refractivity contribution in [2.75, 3.05) is 18.1 Å². The van der Waals surface area contributed by atoms with Crippen LogP contribution >= 0.6 is 0 Å². The van der Waals surface area contributed by atoms with Gasteiger partial charge in [-0.05, 0) is 31.0 Å². The van der Waals surface area contributed by atoms with Crippen molar-refractivity contribution in [2.24, 2.45) is 0 Å². The molecule has 0 bridgehead atoms. The van der Waals surface area contributed by atoms with Crippen LogP contribution in [0.25, 0.3) is 0 Å². The summed E-state index contributed by atoms with van der Waals surface area (Å²) in [6.45, 7) is 0.532. The third-order valence-corrected chi connectivity index (χ3v) is 4.11. The predicted octanol–water partition coefficient (Wildman–Crippen LogP) is 1.31. The van der Waals surface area contributed by atoms with Crippen molar-refractivity contribution in [3.63, 3.8) is 0 Å².